The van der Waals surface area contributed by atoms with Crippen LogP contribution in [0.1, 0.15) is 11.6 Å². The van der Waals surface area contributed by atoms with Gasteiger partial charge < -0.3 is 25.7 Å². The third-order valence-corrected chi connectivity index (χ3v) is 7.23. The number of aromatic amines is 4. The lowest BCUT2D eigenvalue weighted by molar-refractivity contribution is 0.629. The van der Waals surface area contributed by atoms with Crippen molar-refractivity contribution in [1.82, 2.24) is 29.9 Å². The molecular weight excluding hydrogens is 520 g/mol. The number of nitrogens with one attached hydrogen (secondary N) is 4. The number of nitrogens with two attached hydrogens (primary N) is 1. The maximum Gasteiger partial charge on any atom is 0.125 e. The van der Waals surface area contributed by atoms with Gasteiger partial charge in [-0.05, 0) is 78.7 Å². The molecule has 7 nitrogen and oxygen atoms in total. The van der Waals surface area contributed by atoms with Gasteiger partial charge in [0, 0.05) is 45.3 Å². The zero-order chi connectivity index (χ0) is 28.1. The van der Waals surface area contributed by atoms with E-state index in [4.69, 9.17) is 5.73 Å². The first kappa shape index (κ1) is 24.7. The first-order valence-corrected chi connectivity index (χ1v) is 13.1. The zero-order valence-electron chi connectivity index (χ0n) is 22.0. The van der Waals surface area contributed by atoms with E-state index < -0.39 is 0 Å². The fourth-order valence-corrected chi connectivity index (χ4v) is 5.31. The minimum atomic E-state index is -0.243. The van der Waals surface area contributed by atoms with E-state index in [2.05, 4.69) is 36.0 Å². The van der Waals surface area contributed by atoms with Gasteiger partial charge in [0.2, 0.25) is 0 Å². The molecule has 0 fully saturated rings. The molecule has 0 atom stereocenters. The summed E-state index contributed by atoms with van der Waals surface area (Å²) in [5.74, 6) is 1.19. The second kappa shape index (κ2) is 9.72. The van der Waals surface area contributed by atoms with Crippen LogP contribution >= 0.6 is 0 Å². The van der Waals surface area contributed by atoms with E-state index in [0.717, 1.165) is 77.8 Å². The molecule has 0 aliphatic heterocycles. The summed E-state index contributed by atoms with van der Waals surface area (Å²) in [6.45, 7) is 2.32. The lowest BCUT2D eigenvalue weighted by Crippen LogP contribution is -1.97. The summed E-state index contributed by atoms with van der Waals surface area (Å²) in [6.07, 6.45) is 3.81. The molecule has 0 spiro atoms. The molecule has 0 aliphatic rings. The lowest BCUT2D eigenvalue weighted by atomic mass is 10.0. The van der Waals surface area contributed by atoms with Crippen LogP contribution in [0, 0.1) is 18.6 Å². The van der Waals surface area contributed by atoms with Crippen LogP contribution in [0.5, 0.6) is 0 Å². The molecular formula is C32H25F2N7. The summed E-state index contributed by atoms with van der Waals surface area (Å²) in [5.41, 5.74) is 15.2. The standard InChI is InChI=1S/C16H13FN4.C16H12FN3/c17-10-2-3-11-12(8-19-14(11)6-10)9-1-4-13-15(5-9)21-16(7-18)20-13;1-9-19-14-5-2-10(6-16(14)20-9)13-8-18-15-7-11(17)3-4-12(13)15/h1-6,8,19H,7,18H2,(H,20,21);2-8,18H,1H3,(H,19,20). The highest BCUT2D eigenvalue weighted by Gasteiger charge is 2.10. The smallest absolute Gasteiger partial charge is 0.125 e. The predicted octanol–water partition coefficient (Wildman–Crippen LogP) is 7.47. The fourth-order valence-electron chi connectivity index (χ4n) is 5.31. The van der Waals surface area contributed by atoms with E-state index in [-0.39, 0.29) is 11.6 Å². The number of halogens is 2. The van der Waals surface area contributed by atoms with Crippen molar-refractivity contribution in [2.45, 2.75) is 13.5 Å². The maximum atomic E-state index is 13.3. The van der Waals surface area contributed by atoms with Crippen LogP contribution in [0.2, 0.25) is 0 Å². The Morgan fingerprint density at radius 2 is 1.17 bits per heavy atom. The summed E-state index contributed by atoms with van der Waals surface area (Å²) in [7, 11) is 0. The Morgan fingerprint density at radius 1 is 0.634 bits per heavy atom. The molecule has 8 rings (SSSR count). The molecule has 4 heterocycles. The Hall–Kier alpha value is -5.28. The molecule has 4 aromatic carbocycles. The highest BCUT2D eigenvalue weighted by atomic mass is 19.1. The average molecular weight is 546 g/mol. The highest BCUT2D eigenvalue weighted by Crippen LogP contribution is 2.32. The summed E-state index contributed by atoms with van der Waals surface area (Å²) in [6, 6.07) is 21.7. The highest BCUT2D eigenvalue weighted by molar-refractivity contribution is 5.98. The van der Waals surface area contributed by atoms with Gasteiger partial charge in [0.05, 0.1) is 28.6 Å². The van der Waals surface area contributed by atoms with Crippen LogP contribution in [0.3, 0.4) is 0 Å². The van der Waals surface area contributed by atoms with E-state index in [1.165, 1.54) is 24.3 Å². The normalized spacial score (nSPS) is 11.5. The summed E-state index contributed by atoms with van der Waals surface area (Å²) in [4.78, 5) is 21.4. The van der Waals surface area contributed by atoms with Gasteiger partial charge in [0.15, 0.2) is 0 Å². The van der Waals surface area contributed by atoms with E-state index in [9.17, 15) is 8.78 Å². The van der Waals surface area contributed by atoms with Gasteiger partial charge in [-0.3, -0.25) is 0 Å². The zero-order valence-corrected chi connectivity index (χ0v) is 22.0. The number of hydrogen-bond donors (Lipinski definition) is 5. The third kappa shape index (κ3) is 4.52. The van der Waals surface area contributed by atoms with Gasteiger partial charge in [-0.25, -0.2) is 18.7 Å². The molecule has 0 saturated heterocycles. The number of hydrogen-bond acceptors (Lipinski definition) is 3. The number of imidazole rings is 2. The first-order valence-electron chi connectivity index (χ1n) is 13.1. The Kier molecular flexibility index (Phi) is 5.87. The van der Waals surface area contributed by atoms with Crippen LogP contribution in [0.4, 0.5) is 8.78 Å². The van der Waals surface area contributed by atoms with E-state index in [1.807, 2.05) is 49.6 Å². The number of aromatic nitrogens is 6. The van der Waals surface area contributed by atoms with Crippen LogP contribution in [-0.4, -0.2) is 29.9 Å². The van der Waals surface area contributed by atoms with Crippen molar-refractivity contribution < 1.29 is 8.78 Å². The van der Waals surface area contributed by atoms with Crippen LogP contribution < -0.4 is 5.73 Å². The minimum Gasteiger partial charge on any atom is -0.360 e. The van der Waals surface area contributed by atoms with Crippen molar-refractivity contribution in [3.63, 3.8) is 0 Å². The average Bonchev–Trinajstić information content (AvgIpc) is 3.75. The number of nitrogens with zero attached hydrogens (tertiary/aromatic N) is 2. The van der Waals surface area contributed by atoms with Gasteiger partial charge in [-0.15, -0.1) is 0 Å². The molecule has 0 radical (unpaired) electrons. The molecule has 8 aromatic rings. The van der Waals surface area contributed by atoms with Crippen LogP contribution in [-0.2, 0) is 6.54 Å². The molecule has 4 aromatic heterocycles. The van der Waals surface area contributed by atoms with Gasteiger partial charge in [-0.2, -0.15) is 0 Å². The molecule has 0 bridgehead atoms. The number of fused-ring (bicyclic) bond motifs is 4. The van der Waals surface area contributed by atoms with Crippen molar-refractivity contribution in [3.8, 4) is 22.3 Å². The van der Waals surface area contributed by atoms with Crippen molar-refractivity contribution in [2.75, 3.05) is 0 Å². The topological polar surface area (TPSA) is 115 Å². The number of H-pyrrole nitrogens is 4. The second-order valence-electron chi connectivity index (χ2n) is 9.96. The summed E-state index contributed by atoms with van der Waals surface area (Å²) in [5, 5.41) is 2.01. The summed E-state index contributed by atoms with van der Waals surface area (Å²) < 4.78 is 26.5. The predicted molar refractivity (Wildman–Crippen MR) is 159 cm³/mol. The van der Waals surface area contributed by atoms with Crippen LogP contribution in [0.25, 0.3) is 66.1 Å². The van der Waals surface area contributed by atoms with Gasteiger partial charge in [0.1, 0.15) is 23.3 Å². The Balaban J connectivity index is 0.000000135. The van der Waals surface area contributed by atoms with E-state index in [1.54, 1.807) is 12.1 Å². The Bertz CT molecular complexity index is 2200. The SMILES string of the molecule is Cc1nc2ccc(-c3c[nH]c4cc(F)ccc34)cc2[nH]1.NCc1nc2ccc(-c3c[nH]c4cc(F)ccc34)cc2[nH]1. The van der Waals surface area contributed by atoms with Gasteiger partial charge in [0.25, 0.3) is 0 Å². The van der Waals surface area contributed by atoms with Gasteiger partial charge in [-0.1, -0.05) is 12.1 Å². The molecule has 0 amide bonds. The number of rotatable bonds is 3. The van der Waals surface area contributed by atoms with Crippen molar-refractivity contribution >= 4 is 43.9 Å². The molecule has 41 heavy (non-hydrogen) atoms. The van der Waals surface area contributed by atoms with E-state index >= 15 is 0 Å². The van der Waals surface area contributed by atoms with Crippen molar-refractivity contribution in [3.05, 3.63) is 108 Å². The van der Waals surface area contributed by atoms with Gasteiger partial charge >= 0.3 is 0 Å². The molecule has 6 N–H and O–H groups in total. The van der Waals surface area contributed by atoms with Crippen molar-refractivity contribution in [2.24, 2.45) is 5.73 Å². The second-order valence-corrected chi connectivity index (χ2v) is 9.96. The van der Waals surface area contributed by atoms with E-state index in [0.29, 0.717) is 6.54 Å². The van der Waals surface area contributed by atoms with Crippen LogP contribution in [0.15, 0.2) is 85.2 Å². The molecule has 202 valence electrons. The first-order chi connectivity index (χ1) is 19.9. The largest absolute Gasteiger partial charge is 0.360 e. The summed E-state index contributed by atoms with van der Waals surface area (Å²) >= 11 is 0. The lowest BCUT2D eigenvalue weighted by Gasteiger charge is -2.00. The number of benzene rings is 4. The fraction of sp³-hybridized carbons (Fsp3) is 0.0625. The molecule has 0 saturated carbocycles. The maximum absolute atomic E-state index is 13.3. The monoisotopic (exact) mass is 545 g/mol. The number of aryl methyl sites for hydroxylation is 1. The molecule has 0 aliphatic carbocycles. The third-order valence-electron chi connectivity index (χ3n) is 7.23. The quantitative estimate of drug-likeness (QED) is 0.159. The molecule has 9 heteroatoms. The Labute approximate surface area is 232 Å². The molecule has 0 unspecified atom stereocenters. The Morgan fingerprint density at radius 3 is 1.73 bits per heavy atom. The minimum absolute atomic E-state index is 0.231. The van der Waals surface area contributed by atoms with Crippen molar-refractivity contribution in [1.29, 1.82) is 0 Å².